The molecule has 2 fully saturated rings. The molecule has 3 aliphatic rings. The lowest BCUT2D eigenvalue weighted by molar-refractivity contribution is -0.136. The number of methoxy groups -OCH3 is 2. The third-order valence-electron chi connectivity index (χ3n) is 11.3. The van der Waals surface area contributed by atoms with E-state index in [1.54, 1.807) is 9.80 Å². The molecule has 0 bridgehead atoms. The molecule has 58 heavy (non-hydrogen) atoms. The zero-order valence-corrected chi connectivity index (χ0v) is 34.3. The van der Waals surface area contributed by atoms with Crippen molar-refractivity contribution in [2.75, 3.05) is 27.3 Å². The molecule has 4 atom stereocenters. The first-order chi connectivity index (χ1) is 27.7. The molecule has 2 unspecified atom stereocenters. The average molecular weight is 793 g/mol. The molecule has 4 amide bonds. The molecule has 2 aromatic carbocycles. The number of nitrogens with one attached hydrogen (secondary N) is 4. The number of aromatic nitrogens is 4. The number of nitrogens with zero attached hydrogens (tertiary/aromatic N) is 4. The lowest BCUT2D eigenvalue weighted by Gasteiger charge is -2.32. The van der Waals surface area contributed by atoms with Gasteiger partial charge in [-0.1, -0.05) is 39.5 Å². The second-order valence-electron chi connectivity index (χ2n) is 16.4. The van der Waals surface area contributed by atoms with Gasteiger partial charge in [-0.15, -0.1) is 0 Å². The van der Waals surface area contributed by atoms with E-state index in [1.165, 1.54) is 14.2 Å². The number of imidazole rings is 2. The second kappa shape index (κ2) is 16.1. The van der Waals surface area contributed by atoms with Crippen LogP contribution >= 0.6 is 0 Å². The number of ether oxygens (including phenoxy) is 3. The zero-order valence-electron chi connectivity index (χ0n) is 34.3. The van der Waals surface area contributed by atoms with Crippen LogP contribution in [0, 0.1) is 23.7 Å². The Morgan fingerprint density at radius 2 is 1.33 bits per heavy atom. The molecule has 2 aromatic heterocycles. The minimum atomic E-state index is -0.740. The van der Waals surface area contributed by atoms with Crippen LogP contribution < -0.4 is 15.4 Å². The van der Waals surface area contributed by atoms with Crippen molar-refractivity contribution < 1.29 is 33.4 Å². The number of carbonyl (C=O) groups excluding carboxylic acids is 4. The Labute approximate surface area is 338 Å². The van der Waals surface area contributed by atoms with Crippen LogP contribution in [0.2, 0.25) is 0 Å². The third-order valence-corrected chi connectivity index (χ3v) is 11.3. The molecule has 0 spiro atoms. The van der Waals surface area contributed by atoms with Crippen molar-refractivity contribution in [3.05, 3.63) is 64.9 Å². The summed E-state index contributed by atoms with van der Waals surface area (Å²) >= 11 is 0. The van der Waals surface area contributed by atoms with Gasteiger partial charge in [-0.2, -0.15) is 0 Å². The van der Waals surface area contributed by atoms with Crippen LogP contribution in [-0.2, 0) is 24.7 Å². The first-order valence-corrected chi connectivity index (χ1v) is 19.9. The number of carbonyl (C=O) groups is 4. The summed E-state index contributed by atoms with van der Waals surface area (Å²) in [4.78, 5) is 71.9. The van der Waals surface area contributed by atoms with Crippen molar-refractivity contribution in [3.8, 4) is 28.8 Å². The molecule has 4 aromatic rings. The molecule has 4 N–H and O–H groups in total. The number of alkyl carbamates (subject to hydrolysis) is 2. The molecule has 7 rings (SSSR count). The second-order valence-corrected chi connectivity index (χ2v) is 16.4. The van der Waals surface area contributed by atoms with Gasteiger partial charge >= 0.3 is 12.2 Å². The fourth-order valence-corrected chi connectivity index (χ4v) is 8.18. The molecule has 2 saturated heterocycles. The Bertz CT molecular complexity index is 2300. The smallest absolute Gasteiger partial charge is 0.407 e. The Kier molecular flexibility index (Phi) is 11.1. The Balaban J connectivity index is 1.10. The van der Waals surface area contributed by atoms with E-state index in [0.29, 0.717) is 30.5 Å². The quantitative estimate of drug-likeness (QED) is 0.154. The van der Waals surface area contributed by atoms with E-state index in [0.717, 1.165) is 64.8 Å². The van der Waals surface area contributed by atoms with Crippen LogP contribution in [0.5, 0.6) is 5.75 Å². The Morgan fingerprint density at radius 1 is 0.793 bits per heavy atom. The minimum absolute atomic E-state index is 0.122. The van der Waals surface area contributed by atoms with Gasteiger partial charge in [0.25, 0.3) is 0 Å². The number of aromatic amines is 2. The Hall–Kier alpha value is -6.04. The lowest BCUT2D eigenvalue weighted by atomic mass is 9.94. The summed E-state index contributed by atoms with van der Waals surface area (Å²) < 4.78 is 16.1. The highest BCUT2D eigenvalue weighted by molar-refractivity contribution is 5.87. The Morgan fingerprint density at radius 3 is 1.88 bits per heavy atom. The molecular weight excluding hydrogens is 741 g/mol. The number of rotatable bonds is 8. The highest BCUT2D eigenvalue weighted by atomic mass is 16.5. The summed E-state index contributed by atoms with van der Waals surface area (Å²) in [5.74, 6) is 8.04. The highest BCUT2D eigenvalue weighted by Crippen LogP contribution is 2.46. The van der Waals surface area contributed by atoms with Crippen molar-refractivity contribution in [1.82, 2.24) is 40.4 Å². The van der Waals surface area contributed by atoms with Gasteiger partial charge in [0, 0.05) is 29.8 Å². The monoisotopic (exact) mass is 792 g/mol. The van der Waals surface area contributed by atoms with Gasteiger partial charge in [0.1, 0.15) is 35.1 Å². The maximum absolute atomic E-state index is 13.8. The minimum Gasteiger partial charge on any atom is -0.481 e. The standard InChI is InChI=1S/C43H52N8O7/c1-23(2)33(47-41(54)56-7)39(52)50-19-9-11-30(50)37-44-28-18-16-25(21-29(28)45-37)13-14-26-15-17-27-32(22-26)58-43(5,6)36-35(27)46-38(49-36)31-12-10-20-51(31)40(53)34(24(3)4)48-42(55)57-8/h15-18,21-24,30-31,33-34H,9-12,19-20H2,1-8H3,(H,44,45)(H,46,49)(H,47,54)(H,48,55)/t30?,31?,33-,34-/m0/s1. The molecule has 5 heterocycles. The van der Waals surface area contributed by atoms with Crippen molar-refractivity contribution in [3.63, 3.8) is 0 Å². The molecule has 306 valence electrons. The van der Waals surface area contributed by atoms with E-state index in [9.17, 15) is 19.2 Å². The first-order valence-electron chi connectivity index (χ1n) is 19.9. The largest absolute Gasteiger partial charge is 0.481 e. The van der Waals surface area contributed by atoms with Gasteiger partial charge < -0.3 is 44.6 Å². The number of hydrogen-bond donors (Lipinski definition) is 4. The van der Waals surface area contributed by atoms with Crippen LogP contribution in [0.4, 0.5) is 9.59 Å². The maximum atomic E-state index is 13.8. The summed E-state index contributed by atoms with van der Waals surface area (Å²) in [5, 5.41) is 5.40. The maximum Gasteiger partial charge on any atom is 0.407 e. The van der Waals surface area contributed by atoms with E-state index < -0.39 is 29.9 Å². The fourth-order valence-electron chi connectivity index (χ4n) is 8.18. The third kappa shape index (κ3) is 7.79. The van der Waals surface area contributed by atoms with Crippen LogP contribution in [0.15, 0.2) is 36.4 Å². The van der Waals surface area contributed by atoms with Crippen molar-refractivity contribution in [1.29, 1.82) is 0 Å². The predicted molar refractivity (Wildman–Crippen MR) is 215 cm³/mol. The van der Waals surface area contributed by atoms with Gasteiger partial charge in [0.2, 0.25) is 11.8 Å². The van der Waals surface area contributed by atoms with E-state index in [1.807, 2.05) is 77.9 Å². The number of likely N-dealkylation sites (tertiary alicyclic amines) is 2. The summed E-state index contributed by atoms with van der Waals surface area (Å²) in [6, 6.07) is 9.69. The number of amides is 4. The average Bonchev–Trinajstić information content (AvgIpc) is 4.02. The molecule has 0 aliphatic carbocycles. The SMILES string of the molecule is COC(=O)N[C@H](C(=O)N1CCCC1c1nc2c([nH]1)C(C)(C)Oc1cc(C#Cc3ccc4nc(C5CCCN5C(=O)[C@@H](NC(=O)OC)C(C)C)[nH]c4c3)ccc1-2)C(C)C. The summed E-state index contributed by atoms with van der Waals surface area (Å²) in [7, 11) is 2.57. The topological polar surface area (TPSA) is 184 Å². The first kappa shape index (κ1) is 40.2. The normalized spacial score (nSPS) is 19.1. The summed E-state index contributed by atoms with van der Waals surface area (Å²) in [6.45, 7) is 12.7. The van der Waals surface area contributed by atoms with Crippen molar-refractivity contribution >= 4 is 35.0 Å². The number of H-pyrrole nitrogens is 2. The van der Waals surface area contributed by atoms with Gasteiger partial charge in [-0.3, -0.25) is 9.59 Å². The van der Waals surface area contributed by atoms with Gasteiger partial charge in [0.05, 0.1) is 48.7 Å². The fraction of sp³-hybridized carbons (Fsp3) is 0.488. The molecule has 15 nitrogen and oxygen atoms in total. The van der Waals surface area contributed by atoms with Gasteiger partial charge in [-0.25, -0.2) is 19.6 Å². The van der Waals surface area contributed by atoms with Crippen molar-refractivity contribution in [2.45, 2.75) is 97.0 Å². The molecule has 15 heteroatoms. The summed E-state index contributed by atoms with van der Waals surface area (Å²) in [5.41, 5.74) is 4.84. The lowest BCUT2D eigenvalue weighted by Crippen LogP contribution is -2.51. The van der Waals surface area contributed by atoms with E-state index in [2.05, 4.69) is 32.4 Å². The van der Waals surface area contributed by atoms with Gasteiger partial charge in [0.15, 0.2) is 0 Å². The predicted octanol–water partition coefficient (Wildman–Crippen LogP) is 6.07. The number of benzene rings is 2. The number of fused-ring (bicyclic) bond motifs is 4. The van der Waals surface area contributed by atoms with E-state index in [4.69, 9.17) is 24.2 Å². The van der Waals surface area contributed by atoms with Crippen molar-refractivity contribution in [2.24, 2.45) is 11.8 Å². The highest BCUT2D eigenvalue weighted by Gasteiger charge is 2.42. The van der Waals surface area contributed by atoms with Crippen LogP contribution in [-0.4, -0.2) is 93.1 Å². The van der Waals surface area contributed by atoms with E-state index >= 15 is 0 Å². The molecule has 0 saturated carbocycles. The number of hydrogen-bond acceptors (Lipinski definition) is 9. The summed E-state index contributed by atoms with van der Waals surface area (Å²) in [6.07, 6.45) is 1.86. The molecule has 0 radical (unpaired) electrons. The van der Waals surface area contributed by atoms with Crippen LogP contribution in [0.3, 0.4) is 0 Å². The molecular formula is C43H52N8O7. The van der Waals surface area contributed by atoms with Crippen LogP contribution in [0.25, 0.3) is 22.3 Å². The molecule has 3 aliphatic heterocycles. The van der Waals surface area contributed by atoms with Gasteiger partial charge in [-0.05, 0) is 87.8 Å². The van der Waals surface area contributed by atoms with Crippen LogP contribution in [0.1, 0.15) is 108 Å². The zero-order chi connectivity index (χ0) is 41.5. The van der Waals surface area contributed by atoms with E-state index in [-0.39, 0.29) is 35.7 Å².